The summed E-state index contributed by atoms with van der Waals surface area (Å²) in [5.74, 6) is 6.43. The molecule has 0 bridgehead atoms. The molecule has 100 valence electrons. The molecule has 0 heterocycles. The second kappa shape index (κ2) is 6.26. The van der Waals surface area contributed by atoms with Crippen LogP contribution in [0.5, 0.6) is 5.75 Å². The van der Waals surface area contributed by atoms with E-state index in [4.69, 9.17) is 33.8 Å². The van der Waals surface area contributed by atoms with Crippen molar-refractivity contribution in [3.8, 4) is 5.75 Å². The molecule has 5 heteroatoms. The van der Waals surface area contributed by atoms with Gasteiger partial charge in [-0.05, 0) is 23.8 Å². The summed E-state index contributed by atoms with van der Waals surface area (Å²) in [5.41, 5.74) is 4.63. The molecule has 1 atom stereocenters. The van der Waals surface area contributed by atoms with Crippen LogP contribution < -0.4 is 16.0 Å². The molecule has 3 nitrogen and oxygen atoms in total. The van der Waals surface area contributed by atoms with Gasteiger partial charge in [-0.3, -0.25) is 5.84 Å². The molecule has 2 rings (SSSR count). The van der Waals surface area contributed by atoms with E-state index in [2.05, 4.69) is 5.43 Å². The highest BCUT2D eigenvalue weighted by Crippen LogP contribution is 2.32. The van der Waals surface area contributed by atoms with E-state index < -0.39 is 0 Å². The van der Waals surface area contributed by atoms with Gasteiger partial charge in [-0.1, -0.05) is 47.5 Å². The number of hydrazine groups is 1. The Hall–Kier alpha value is -1.26. The van der Waals surface area contributed by atoms with Crippen molar-refractivity contribution < 1.29 is 4.74 Å². The van der Waals surface area contributed by atoms with E-state index in [9.17, 15) is 0 Å². The molecule has 0 spiro atoms. The summed E-state index contributed by atoms with van der Waals surface area (Å²) in [5, 5.41) is 1.01. The van der Waals surface area contributed by atoms with Crippen molar-refractivity contribution in [3.05, 3.63) is 63.6 Å². The fraction of sp³-hybridized carbons (Fsp3) is 0.143. The van der Waals surface area contributed by atoms with Gasteiger partial charge >= 0.3 is 0 Å². The number of halogens is 2. The Kier molecular flexibility index (Phi) is 4.66. The first kappa shape index (κ1) is 14.2. The summed E-state index contributed by atoms with van der Waals surface area (Å²) in [7, 11) is 1.63. The van der Waals surface area contributed by atoms with Crippen LogP contribution in [0.2, 0.25) is 10.0 Å². The Morgan fingerprint density at radius 1 is 1.11 bits per heavy atom. The molecule has 1 unspecified atom stereocenters. The Morgan fingerprint density at radius 2 is 1.84 bits per heavy atom. The number of hydrogen-bond donors (Lipinski definition) is 2. The molecule has 0 fully saturated rings. The molecule has 0 saturated heterocycles. The van der Waals surface area contributed by atoms with Crippen LogP contribution in [-0.2, 0) is 0 Å². The molecular weight excluding hydrogens is 283 g/mol. The van der Waals surface area contributed by atoms with E-state index in [0.29, 0.717) is 10.0 Å². The zero-order valence-corrected chi connectivity index (χ0v) is 11.9. The number of nitrogens with two attached hydrogens (primary N) is 1. The van der Waals surface area contributed by atoms with Gasteiger partial charge < -0.3 is 4.74 Å². The standard InChI is InChI=1S/C14H14Cl2N2O/c1-19-13-5-3-2-4-10(13)14(18-17)9-6-7-11(15)12(16)8-9/h2-8,14,18H,17H2,1H3. The molecule has 0 aliphatic heterocycles. The predicted molar refractivity (Wildman–Crippen MR) is 78.6 cm³/mol. The first-order chi connectivity index (χ1) is 9.17. The van der Waals surface area contributed by atoms with Crippen LogP contribution in [0.3, 0.4) is 0 Å². The quantitative estimate of drug-likeness (QED) is 0.670. The molecule has 0 aromatic heterocycles. The third-order valence-electron chi connectivity index (χ3n) is 2.89. The summed E-state index contributed by atoms with van der Waals surface area (Å²) >= 11 is 12.0. The van der Waals surface area contributed by atoms with Gasteiger partial charge in [0.1, 0.15) is 5.75 Å². The van der Waals surface area contributed by atoms with Crippen molar-refractivity contribution >= 4 is 23.2 Å². The van der Waals surface area contributed by atoms with Gasteiger partial charge in [0.05, 0.1) is 23.2 Å². The van der Waals surface area contributed by atoms with E-state index in [0.717, 1.165) is 16.9 Å². The fourth-order valence-corrected chi connectivity index (χ4v) is 2.27. The van der Waals surface area contributed by atoms with Gasteiger partial charge in [-0.15, -0.1) is 0 Å². The van der Waals surface area contributed by atoms with Crippen LogP contribution in [-0.4, -0.2) is 7.11 Å². The van der Waals surface area contributed by atoms with Gasteiger partial charge in [-0.2, -0.15) is 0 Å². The maximum Gasteiger partial charge on any atom is 0.124 e. The SMILES string of the molecule is COc1ccccc1C(NN)c1ccc(Cl)c(Cl)c1. The average Bonchev–Trinajstić information content (AvgIpc) is 2.44. The number of ether oxygens (including phenoxy) is 1. The number of benzene rings is 2. The Bertz CT molecular complexity index is 575. The van der Waals surface area contributed by atoms with Crippen molar-refractivity contribution in [2.24, 2.45) is 5.84 Å². The number of rotatable bonds is 4. The molecule has 0 aliphatic rings. The highest BCUT2D eigenvalue weighted by molar-refractivity contribution is 6.42. The van der Waals surface area contributed by atoms with Crippen LogP contribution in [0.4, 0.5) is 0 Å². The lowest BCUT2D eigenvalue weighted by molar-refractivity contribution is 0.404. The molecular formula is C14H14Cl2N2O. The molecule has 0 amide bonds. The van der Waals surface area contributed by atoms with Gasteiger partial charge in [0, 0.05) is 5.56 Å². The summed E-state index contributed by atoms with van der Waals surface area (Å²) in [6.45, 7) is 0. The highest BCUT2D eigenvalue weighted by atomic mass is 35.5. The molecule has 0 radical (unpaired) electrons. The van der Waals surface area contributed by atoms with Gasteiger partial charge in [-0.25, -0.2) is 5.43 Å². The van der Waals surface area contributed by atoms with Crippen LogP contribution in [0.15, 0.2) is 42.5 Å². The Morgan fingerprint density at radius 3 is 2.47 bits per heavy atom. The zero-order valence-electron chi connectivity index (χ0n) is 10.4. The first-order valence-corrected chi connectivity index (χ1v) is 6.47. The van der Waals surface area contributed by atoms with E-state index in [1.165, 1.54) is 0 Å². The molecule has 2 aromatic rings. The minimum absolute atomic E-state index is 0.217. The molecule has 3 N–H and O–H groups in total. The molecule has 0 aliphatic carbocycles. The van der Waals surface area contributed by atoms with E-state index >= 15 is 0 Å². The van der Waals surface area contributed by atoms with E-state index in [1.807, 2.05) is 30.3 Å². The van der Waals surface area contributed by atoms with E-state index in [1.54, 1.807) is 19.2 Å². The topological polar surface area (TPSA) is 47.3 Å². The number of para-hydroxylation sites is 1. The largest absolute Gasteiger partial charge is 0.496 e. The van der Waals surface area contributed by atoms with Gasteiger partial charge in [0.25, 0.3) is 0 Å². The number of methoxy groups -OCH3 is 1. The predicted octanol–water partition coefficient (Wildman–Crippen LogP) is 3.55. The maximum atomic E-state index is 6.04. The van der Waals surface area contributed by atoms with Gasteiger partial charge in [0.15, 0.2) is 0 Å². The van der Waals surface area contributed by atoms with Crippen LogP contribution in [0.25, 0.3) is 0 Å². The third-order valence-corrected chi connectivity index (χ3v) is 3.63. The van der Waals surface area contributed by atoms with Crippen molar-refractivity contribution in [1.82, 2.24) is 5.43 Å². The third kappa shape index (κ3) is 3.01. The normalized spacial score (nSPS) is 12.2. The smallest absolute Gasteiger partial charge is 0.124 e. The maximum absolute atomic E-state index is 6.04. The molecule has 2 aromatic carbocycles. The minimum Gasteiger partial charge on any atom is -0.496 e. The second-order valence-electron chi connectivity index (χ2n) is 4.02. The molecule has 0 saturated carbocycles. The summed E-state index contributed by atoms with van der Waals surface area (Å²) in [6, 6.07) is 12.9. The Labute approximate surface area is 122 Å². The van der Waals surface area contributed by atoms with Crippen LogP contribution >= 0.6 is 23.2 Å². The lowest BCUT2D eigenvalue weighted by atomic mass is 9.98. The number of nitrogens with one attached hydrogen (secondary N) is 1. The van der Waals surface area contributed by atoms with Crippen LogP contribution in [0.1, 0.15) is 17.2 Å². The molecule has 19 heavy (non-hydrogen) atoms. The summed E-state index contributed by atoms with van der Waals surface area (Å²) in [4.78, 5) is 0. The van der Waals surface area contributed by atoms with Gasteiger partial charge in [0.2, 0.25) is 0 Å². The van der Waals surface area contributed by atoms with Crippen LogP contribution in [0, 0.1) is 0 Å². The summed E-state index contributed by atoms with van der Waals surface area (Å²) in [6.07, 6.45) is 0. The Balaban J connectivity index is 2.46. The lowest BCUT2D eigenvalue weighted by Gasteiger charge is -2.19. The first-order valence-electron chi connectivity index (χ1n) is 5.71. The zero-order chi connectivity index (χ0) is 13.8. The lowest BCUT2D eigenvalue weighted by Crippen LogP contribution is -2.29. The second-order valence-corrected chi connectivity index (χ2v) is 4.83. The van der Waals surface area contributed by atoms with Crippen molar-refractivity contribution in [1.29, 1.82) is 0 Å². The van der Waals surface area contributed by atoms with E-state index in [-0.39, 0.29) is 6.04 Å². The minimum atomic E-state index is -0.217. The number of hydrogen-bond acceptors (Lipinski definition) is 3. The monoisotopic (exact) mass is 296 g/mol. The van der Waals surface area contributed by atoms with Crippen molar-refractivity contribution in [2.45, 2.75) is 6.04 Å². The summed E-state index contributed by atoms with van der Waals surface area (Å²) < 4.78 is 5.35. The van der Waals surface area contributed by atoms with Crippen molar-refractivity contribution in [2.75, 3.05) is 7.11 Å². The van der Waals surface area contributed by atoms with Crippen molar-refractivity contribution in [3.63, 3.8) is 0 Å². The fourth-order valence-electron chi connectivity index (χ4n) is 1.96. The highest BCUT2D eigenvalue weighted by Gasteiger charge is 2.17. The average molecular weight is 297 g/mol.